The lowest BCUT2D eigenvalue weighted by molar-refractivity contribution is -0.185. The highest BCUT2D eigenvalue weighted by molar-refractivity contribution is 5.46. The summed E-state index contributed by atoms with van der Waals surface area (Å²) in [4.78, 5) is 11.5. The fourth-order valence-electron chi connectivity index (χ4n) is 3.35. The van der Waals surface area contributed by atoms with Crippen molar-refractivity contribution < 1.29 is 9.53 Å². The molecule has 1 aliphatic heterocycles. The molecule has 0 bridgehead atoms. The van der Waals surface area contributed by atoms with Gasteiger partial charge in [-0.2, -0.15) is 0 Å². The molecule has 0 aliphatic carbocycles. The van der Waals surface area contributed by atoms with Crippen LogP contribution in [0, 0.1) is 0 Å². The van der Waals surface area contributed by atoms with Crippen LogP contribution in [0.15, 0.2) is 0 Å². The normalized spacial score (nSPS) is 22.2. The first kappa shape index (κ1) is 16.4. The van der Waals surface area contributed by atoms with E-state index in [9.17, 15) is 4.79 Å². The number of hydrazine groups is 1. The highest BCUT2D eigenvalue weighted by atomic mass is 16.5. The number of carbonyl (C=O) groups is 1. The largest absolute Gasteiger partial charge is 0.382 e. The molecule has 0 saturated carbocycles. The Hall–Kier alpha value is -0.610. The number of ether oxygens (including phenoxy) is 1. The van der Waals surface area contributed by atoms with Crippen LogP contribution in [0.3, 0.4) is 0 Å². The molecular formula is C15H30N2O2. The molecule has 1 aliphatic rings. The molecule has 0 unspecified atom stereocenters. The first-order chi connectivity index (χ1) is 8.85. The van der Waals surface area contributed by atoms with Gasteiger partial charge in [0.05, 0.1) is 0 Å². The van der Waals surface area contributed by atoms with Crippen LogP contribution in [-0.2, 0) is 9.53 Å². The van der Waals surface area contributed by atoms with Crippen molar-refractivity contribution in [2.24, 2.45) is 0 Å². The molecule has 0 aromatic rings. The number of hydrogen-bond donors (Lipinski definition) is 0. The monoisotopic (exact) mass is 270 g/mol. The maximum Gasteiger partial charge on any atom is 0.224 e. The lowest BCUT2D eigenvalue weighted by Gasteiger charge is -2.56. The van der Waals surface area contributed by atoms with Gasteiger partial charge in [-0.25, -0.2) is 5.01 Å². The maximum absolute atomic E-state index is 11.5. The molecule has 0 spiro atoms. The van der Waals surface area contributed by atoms with Crippen molar-refractivity contribution in [2.45, 2.75) is 71.4 Å². The molecular weight excluding hydrogens is 240 g/mol. The van der Waals surface area contributed by atoms with E-state index in [1.54, 1.807) is 0 Å². The molecule has 0 atom stereocenters. The van der Waals surface area contributed by atoms with Crippen LogP contribution in [0.1, 0.15) is 60.3 Å². The van der Waals surface area contributed by atoms with Gasteiger partial charge in [0.1, 0.15) is 0 Å². The molecule has 1 saturated heterocycles. The Bertz CT molecular complexity index is 274. The Balaban J connectivity index is 2.72. The molecule has 1 amide bonds. The Morgan fingerprint density at radius 3 is 2.26 bits per heavy atom. The Labute approximate surface area is 118 Å². The molecule has 0 aromatic carbocycles. The Morgan fingerprint density at radius 1 is 1.21 bits per heavy atom. The third kappa shape index (κ3) is 4.18. The molecule has 1 fully saturated rings. The van der Waals surface area contributed by atoms with Gasteiger partial charge in [-0.15, -0.1) is 0 Å². The topological polar surface area (TPSA) is 32.8 Å². The minimum Gasteiger partial charge on any atom is -0.382 e. The summed E-state index contributed by atoms with van der Waals surface area (Å²) in [6.07, 6.45) is 5.34. The molecule has 0 N–H and O–H groups in total. The van der Waals surface area contributed by atoms with Gasteiger partial charge in [0.2, 0.25) is 6.41 Å². The second-order valence-electron chi connectivity index (χ2n) is 6.61. The van der Waals surface area contributed by atoms with E-state index in [4.69, 9.17) is 4.74 Å². The zero-order valence-electron chi connectivity index (χ0n) is 13.2. The SMILES string of the molecule is CCOCCCN(C=O)N1C(C)(C)CCCC1(C)C. The summed E-state index contributed by atoms with van der Waals surface area (Å²) in [7, 11) is 0. The van der Waals surface area contributed by atoms with E-state index in [-0.39, 0.29) is 11.1 Å². The number of hydrogen-bond acceptors (Lipinski definition) is 3. The molecule has 0 aromatic heterocycles. The van der Waals surface area contributed by atoms with Crippen molar-refractivity contribution in [3.63, 3.8) is 0 Å². The van der Waals surface area contributed by atoms with E-state index in [0.29, 0.717) is 0 Å². The number of carbonyl (C=O) groups excluding carboxylic acids is 1. The minimum absolute atomic E-state index is 0.0360. The summed E-state index contributed by atoms with van der Waals surface area (Å²) in [5, 5.41) is 4.14. The molecule has 1 rings (SSSR count). The summed E-state index contributed by atoms with van der Waals surface area (Å²) in [5.74, 6) is 0. The second kappa shape index (κ2) is 6.71. The van der Waals surface area contributed by atoms with Crippen molar-refractivity contribution in [1.82, 2.24) is 10.0 Å². The summed E-state index contributed by atoms with van der Waals surface area (Å²) < 4.78 is 5.36. The predicted molar refractivity (Wildman–Crippen MR) is 77.7 cm³/mol. The van der Waals surface area contributed by atoms with Gasteiger partial charge >= 0.3 is 0 Å². The molecule has 0 radical (unpaired) electrons. The third-order valence-electron chi connectivity index (χ3n) is 3.98. The van der Waals surface area contributed by atoms with Crippen LogP contribution in [0.25, 0.3) is 0 Å². The van der Waals surface area contributed by atoms with E-state index in [1.807, 2.05) is 11.9 Å². The Morgan fingerprint density at radius 2 is 1.79 bits per heavy atom. The Kier molecular flexibility index (Phi) is 5.81. The highest BCUT2D eigenvalue weighted by Gasteiger charge is 2.44. The maximum atomic E-state index is 11.5. The number of amides is 1. The van der Waals surface area contributed by atoms with Crippen LogP contribution in [0.4, 0.5) is 0 Å². The highest BCUT2D eigenvalue weighted by Crippen LogP contribution is 2.38. The van der Waals surface area contributed by atoms with Crippen molar-refractivity contribution in [2.75, 3.05) is 19.8 Å². The lowest BCUT2D eigenvalue weighted by atomic mass is 9.81. The first-order valence-corrected chi connectivity index (χ1v) is 7.45. The van der Waals surface area contributed by atoms with E-state index in [0.717, 1.165) is 45.4 Å². The van der Waals surface area contributed by atoms with Crippen molar-refractivity contribution in [3.05, 3.63) is 0 Å². The van der Waals surface area contributed by atoms with Crippen molar-refractivity contribution in [3.8, 4) is 0 Å². The molecule has 4 heteroatoms. The van der Waals surface area contributed by atoms with E-state index >= 15 is 0 Å². The van der Waals surface area contributed by atoms with Gasteiger partial charge < -0.3 is 4.74 Å². The zero-order chi connectivity index (χ0) is 14.5. The average Bonchev–Trinajstić information content (AvgIpc) is 2.30. The summed E-state index contributed by atoms with van der Waals surface area (Å²) >= 11 is 0. The molecule has 1 heterocycles. The molecule has 112 valence electrons. The summed E-state index contributed by atoms with van der Waals surface area (Å²) in [5.41, 5.74) is 0.0720. The van der Waals surface area contributed by atoms with Gasteiger partial charge in [0.15, 0.2) is 0 Å². The number of rotatable bonds is 7. The van der Waals surface area contributed by atoms with Gasteiger partial charge in [-0.1, -0.05) is 0 Å². The fourth-order valence-corrected chi connectivity index (χ4v) is 3.35. The number of nitrogens with zero attached hydrogens (tertiary/aromatic N) is 2. The first-order valence-electron chi connectivity index (χ1n) is 7.45. The summed E-state index contributed by atoms with van der Waals surface area (Å²) in [6, 6.07) is 0. The van der Waals surface area contributed by atoms with Crippen LogP contribution in [-0.4, -0.2) is 47.3 Å². The van der Waals surface area contributed by atoms with Gasteiger partial charge in [0, 0.05) is 30.8 Å². The van der Waals surface area contributed by atoms with Crippen molar-refractivity contribution >= 4 is 6.41 Å². The van der Waals surface area contributed by atoms with E-state index < -0.39 is 0 Å². The van der Waals surface area contributed by atoms with Crippen LogP contribution in [0.2, 0.25) is 0 Å². The quantitative estimate of drug-likeness (QED) is 0.527. The predicted octanol–water partition coefficient (Wildman–Crippen LogP) is 2.83. The second-order valence-corrected chi connectivity index (χ2v) is 6.61. The molecule has 19 heavy (non-hydrogen) atoms. The van der Waals surface area contributed by atoms with Gasteiger partial charge in [0.25, 0.3) is 0 Å². The zero-order valence-corrected chi connectivity index (χ0v) is 13.2. The lowest BCUT2D eigenvalue weighted by Crippen LogP contribution is -2.65. The van der Waals surface area contributed by atoms with E-state index in [2.05, 4.69) is 32.7 Å². The molecule has 4 nitrogen and oxygen atoms in total. The standard InChI is InChI=1S/C15H30N2O2/c1-6-19-12-8-11-16(13-18)17-14(2,3)9-7-10-15(17,4)5/h13H,6-12H2,1-5H3. The van der Waals surface area contributed by atoms with Crippen LogP contribution >= 0.6 is 0 Å². The van der Waals surface area contributed by atoms with Gasteiger partial charge in [-0.3, -0.25) is 9.80 Å². The minimum atomic E-state index is 0.0360. The van der Waals surface area contributed by atoms with E-state index in [1.165, 1.54) is 6.42 Å². The number of piperidine rings is 1. The van der Waals surface area contributed by atoms with Crippen molar-refractivity contribution in [1.29, 1.82) is 0 Å². The third-order valence-corrected chi connectivity index (χ3v) is 3.98. The van der Waals surface area contributed by atoms with Crippen LogP contribution < -0.4 is 0 Å². The average molecular weight is 270 g/mol. The fraction of sp³-hybridized carbons (Fsp3) is 0.933. The smallest absolute Gasteiger partial charge is 0.224 e. The summed E-state index contributed by atoms with van der Waals surface area (Å²) in [6.45, 7) is 13.1. The van der Waals surface area contributed by atoms with Crippen LogP contribution in [0.5, 0.6) is 0 Å². The van der Waals surface area contributed by atoms with Gasteiger partial charge in [-0.05, 0) is 60.3 Å².